The summed E-state index contributed by atoms with van der Waals surface area (Å²) in [6, 6.07) is 14.4. The van der Waals surface area contributed by atoms with E-state index < -0.39 is 0 Å². The molecule has 5 heteroatoms. The van der Waals surface area contributed by atoms with Gasteiger partial charge < -0.3 is 9.32 Å². The molecule has 4 nitrogen and oxygen atoms in total. The average molecular weight is 311 g/mol. The number of rotatable bonds is 6. The van der Waals surface area contributed by atoms with Crippen molar-refractivity contribution in [2.75, 3.05) is 4.90 Å². The molecular formula is C17H17N3OS. The first-order valence-corrected chi connectivity index (χ1v) is 8.31. The zero-order valence-corrected chi connectivity index (χ0v) is 13.0. The fraction of sp³-hybridized carbons (Fsp3) is 0.294. The number of furan rings is 1. The number of nitrogens with zero attached hydrogens (tertiary/aromatic N) is 3. The summed E-state index contributed by atoms with van der Waals surface area (Å²) < 4.78 is 10.0. The lowest BCUT2D eigenvalue weighted by atomic mass is 10.2. The van der Waals surface area contributed by atoms with Gasteiger partial charge in [-0.2, -0.15) is 4.37 Å². The molecule has 0 spiro atoms. The van der Waals surface area contributed by atoms with Crippen LogP contribution >= 0.6 is 11.5 Å². The Labute approximate surface area is 133 Å². The second kappa shape index (κ2) is 5.93. The number of anilines is 1. The van der Waals surface area contributed by atoms with Gasteiger partial charge in [0.05, 0.1) is 12.8 Å². The largest absolute Gasteiger partial charge is 0.467 e. The molecule has 0 aliphatic heterocycles. The fourth-order valence-corrected chi connectivity index (χ4v) is 3.19. The van der Waals surface area contributed by atoms with Crippen LogP contribution in [0.15, 0.2) is 53.1 Å². The van der Waals surface area contributed by atoms with E-state index in [-0.39, 0.29) is 0 Å². The van der Waals surface area contributed by atoms with Crippen LogP contribution in [-0.2, 0) is 13.1 Å². The van der Waals surface area contributed by atoms with Crippen LogP contribution in [0.4, 0.5) is 5.13 Å². The maximum Gasteiger partial charge on any atom is 0.205 e. The summed E-state index contributed by atoms with van der Waals surface area (Å²) in [6.45, 7) is 1.52. The Kier molecular flexibility index (Phi) is 3.64. The van der Waals surface area contributed by atoms with Crippen molar-refractivity contribution in [1.82, 2.24) is 9.36 Å². The van der Waals surface area contributed by atoms with Gasteiger partial charge in [0.2, 0.25) is 5.13 Å². The molecule has 3 aromatic rings. The second-order valence-corrected chi connectivity index (χ2v) is 6.36. The highest BCUT2D eigenvalue weighted by molar-refractivity contribution is 7.09. The number of hydrogen-bond donors (Lipinski definition) is 0. The van der Waals surface area contributed by atoms with Crippen LogP contribution in [0.25, 0.3) is 0 Å². The lowest BCUT2D eigenvalue weighted by molar-refractivity contribution is 0.501. The molecule has 0 amide bonds. The minimum absolute atomic E-state index is 0.590. The van der Waals surface area contributed by atoms with Crippen molar-refractivity contribution in [3.63, 3.8) is 0 Å². The summed E-state index contributed by atoms with van der Waals surface area (Å²) in [7, 11) is 0. The summed E-state index contributed by atoms with van der Waals surface area (Å²) in [5.41, 5.74) is 1.26. The molecule has 1 aliphatic rings. The molecular weight excluding hydrogens is 294 g/mol. The average Bonchev–Trinajstić information content (AvgIpc) is 3.07. The van der Waals surface area contributed by atoms with E-state index in [4.69, 9.17) is 9.40 Å². The quantitative estimate of drug-likeness (QED) is 0.683. The van der Waals surface area contributed by atoms with E-state index in [2.05, 4.69) is 33.5 Å². The van der Waals surface area contributed by atoms with Crippen LogP contribution in [0.2, 0.25) is 0 Å². The second-order valence-electron chi connectivity index (χ2n) is 5.63. The predicted molar refractivity (Wildman–Crippen MR) is 86.9 cm³/mol. The summed E-state index contributed by atoms with van der Waals surface area (Å²) in [5, 5.41) is 0.974. The smallest absolute Gasteiger partial charge is 0.205 e. The third-order valence-electron chi connectivity index (χ3n) is 3.79. The molecule has 1 fully saturated rings. The van der Waals surface area contributed by atoms with E-state index >= 15 is 0 Å². The minimum Gasteiger partial charge on any atom is -0.467 e. The van der Waals surface area contributed by atoms with Gasteiger partial charge >= 0.3 is 0 Å². The zero-order valence-electron chi connectivity index (χ0n) is 12.2. The summed E-state index contributed by atoms with van der Waals surface area (Å²) >= 11 is 1.49. The maximum atomic E-state index is 5.50. The van der Waals surface area contributed by atoms with E-state index in [0.717, 1.165) is 23.3 Å². The highest BCUT2D eigenvalue weighted by Gasteiger charge is 2.28. The molecule has 2 aromatic heterocycles. The van der Waals surface area contributed by atoms with E-state index in [1.54, 1.807) is 6.26 Å². The van der Waals surface area contributed by atoms with Crippen LogP contribution in [-0.4, -0.2) is 9.36 Å². The molecule has 1 aliphatic carbocycles. The van der Waals surface area contributed by atoms with Gasteiger partial charge in [0, 0.05) is 24.0 Å². The van der Waals surface area contributed by atoms with Crippen molar-refractivity contribution in [3.05, 3.63) is 65.9 Å². The van der Waals surface area contributed by atoms with E-state index in [0.29, 0.717) is 12.5 Å². The van der Waals surface area contributed by atoms with Crippen molar-refractivity contribution >= 4 is 16.7 Å². The van der Waals surface area contributed by atoms with Crippen LogP contribution in [0.1, 0.15) is 35.9 Å². The Morgan fingerprint density at radius 3 is 2.68 bits per heavy atom. The van der Waals surface area contributed by atoms with Gasteiger partial charge in [-0.1, -0.05) is 30.3 Å². The summed E-state index contributed by atoms with van der Waals surface area (Å²) in [6.07, 6.45) is 4.17. The normalized spacial score (nSPS) is 14.2. The molecule has 2 heterocycles. The monoisotopic (exact) mass is 311 g/mol. The molecule has 1 aromatic carbocycles. The number of benzene rings is 1. The molecule has 112 valence electrons. The third kappa shape index (κ3) is 3.04. The Morgan fingerprint density at radius 2 is 1.95 bits per heavy atom. The standard InChI is InChI=1S/C17H17N3OS/c1-2-5-13(6-3-1)11-20(12-15-7-4-10-21-15)17-18-16(19-22-17)14-8-9-14/h1-7,10,14H,8-9,11-12H2. The van der Waals surface area contributed by atoms with Gasteiger partial charge in [0.1, 0.15) is 11.6 Å². The van der Waals surface area contributed by atoms with Gasteiger partial charge in [0.25, 0.3) is 0 Å². The van der Waals surface area contributed by atoms with Crippen molar-refractivity contribution in [1.29, 1.82) is 0 Å². The topological polar surface area (TPSA) is 42.2 Å². The van der Waals surface area contributed by atoms with Crippen molar-refractivity contribution < 1.29 is 4.42 Å². The van der Waals surface area contributed by atoms with E-state index in [1.165, 1.54) is 29.9 Å². The lowest BCUT2D eigenvalue weighted by Crippen LogP contribution is -2.21. The molecule has 0 bridgehead atoms. The molecule has 0 saturated heterocycles. The fourth-order valence-electron chi connectivity index (χ4n) is 2.45. The van der Waals surface area contributed by atoms with E-state index in [1.807, 2.05) is 18.2 Å². The predicted octanol–water partition coefficient (Wildman–Crippen LogP) is 4.22. The Morgan fingerprint density at radius 1 is 1.09 bits per heavy atom. The van der Waals surface area contributed by atoms with Gasteiger partial charge in [-0.3, -0.25) is 0 Å². The summed E-state index contributed by atoms with van der Waals surface area (Å²) in [5.74, 6) is 2.55. The Hall–Kier alpha value is -2.14. The van der Waals surface area contributed by atoms with E-state index in [9.17, 15) is 0 Å². The Balaban J connectivity index is 1.58. The van der Waals surface area contributed by atoms with Gasteiger partial charge in [0.15, 0.2) is 0 Å². The third-order valence-corrected chi connectivity index (χ3v) is 4.58. The van der Waals surface area contributed by atoms with Gasteiger partial charge in [-0.15, -0.1) is 0 Å². The van der Waals surface area contributed by atoms with Crippen molar-refractivity contribution in [2.45, 2.75) is 31.8 Å². The van der Waals surface area contributed by atoms with Crippen LogP contribution in [0, 0.1) is 0 Å². The summed E-state index contributed by atoms with van der Waals surface area (Å²) in [4.78, 5) is 6.97. The highest BCUT2D eigenvalue weighted by atomic mass is 32.1. The molecule has 1 saturated carbocycles. The zero-order chi connectivity index (χ0) is 14.8. The van der Waals surface area contributed by atoms with Gasteiger partial charge in [-0.05, 0) is 30.5 Å². The first-order chi connectivity index (χ1) is 10.9. The molecule has 4 rings (SSSR count). The van der Waals surface area contributed by atoms with Crippen LogP contribution in [0.5, 0.6) is 0 Å². The van der Waals surface area contributed by atoms with Crippen molar-refractivity contribution in [3.8, 4) is 0 Å². The lowest BCUT2D eigenvalue weighted by Gasteiger charge is -2.20. The molecule has 0 atom stereocenters. The molecule has 0 radical (unpaired) electrons. The first kappa shape index (κ1) is 13.5. The maximum absolute atomic E-state index is 5.50. The molecule has 0 unspecified atom stereocenters. The number of hydrogen-bond acceptors (Lipinski definition) is 5. The Bertz CT molecular complexity index is 719. The van der Waals surface area contributed by atoms with Crippen LogP contribution < -0.4 is 4.90 Å². The minimum atomic E-state index is 0.590. The van der Waals surface area contributed by atoms with Crippen LogP contribution in [0.3, 0.4) is 0 Å². The van der Waals surface area contributed by atoms with Gasteiger partial charge in [-0.25, -0.2) is 4.98 Å². The number of aromatic nitrogens is 2. The highest BCUT2D eigenvalue weighted by Crippen LogP contribution is 2.40. The van der Waals surface area contributed by atoms with Crippen molar-refractivity contribution in [2.24, 2.45) is 0 Å². The first-order valence-electron chi connectivity index (χ1n) is 7.53. The molecule has 0 N–H and O–H groups in total. The SMILES string of the molecule is c1ccc(CN(Cc2ccco2)c2nc(C3CC3)ns2)cc1. The molecule has 22 heavy (non-hydrogen) atoms.